The first-order valence-electron chi connectivity index (χ1n) is 3.65. The maximum atomic E-state index is 5.42. The normalized spacial score (nSPS) is 41.7. The van der Waals surface area contributed by atoms with E-state index < -0.39 is 0 Å². The lowest BCUT2D eigenvalue weighted by molar-refractivity contribution is 0.144. The summed E-state index contributed by atoms with van der Waals surface area (Å²) in [5, 5.41) is 0. The highest BCUT2D eigenvalue weighted by atomic mass is 32.2. The Morgan fingerprint density at radius 2 is 2.30 bits per heavy atom. The van der Waals surface area contributed by atoms with Gasteiger partial charge in [-0.3, -0.25) is 0 Å². The van der Waals surface area contributed by atoms with E-state index in [2.05, 4.69) is 26.5 Å². The topological polar surface area (TPSA) is 9.23 Å². The van der Waals surface area contributed by atoms with Gasteiger partial charge >= 0.3 is 0 Å². The summed E-state index contributed by atoms with van der Waals surface area (Å²) in [5.74, 6) is 3.47. The van der Waals surface area contributed by atoms with Gasteiger partial charge in [0.2, 0.25) is 0 Å². The molecular weight excluding hydrogens is 164 g/mol. The quantitative estimate of drug-likeness (QED) is 0.487. The van der Waals surface area contributed by atoms with Gasteiger partial charge in [-0.1, -0.05) is 6.92 Å². The van der Waals surface area contributed by atoms with E-state index in [9.17, 15) is 0 Å². The molecule has 0 saturated carbocycles. The highest BCUT2D eigenvalue weighted by molar-refractivity contribution is 7.94. The predicted molar refractivity (Wildman–Crippen MR) is 49.5 cm³/mol. The first kappa shape index (κ1) is 8.75. The molecule has 0 aromatic carbocycles. The molecular formula is C7H14OS2. The minimum Gasteiger partial charge on any atom is -0.312 e. The van der Waals surface area contributed by atoms with Crippen LogP contribution in [0.15, 0.2) is 0 Å². The average Bonchev–Trinajstić information content (AvgIpc) is 1.88. The van der Waals surface area contributed by atoms with Gasteiger partial charge in [-0.15, -0.1) is 0 Å². The van der Waals surface area contributed by atoms with Gasteiger partial charge in [-0.25, -0.2) is 0 Å². The van der Waals surface area contributed by atoms with Crippen LogP contribution in [0.3, 0.4) is 0 Å². The second-order valence-electron chi connectivity index (χ2n) is 2.91. The summed E-state index contributed by atoms with van der Waals surface area (Å²) in [7, 11) is 0. The highest BCUT2D eigenvalue weighted by Crippen LogP contribution is 2.31. The Bertz CT molecular complexity index is 97.8. The lowest BCUT2D eigenvalue weighted by Crippen LogP contribution is -2.32. The molecule has 0 aromatic rings. The third kappa shape index (κ3) is 1.83. The molecule has 0 spiro atoms. The van der Waals surface area contributed by atoms with Crippen molar-refractivity contribution in [3.05, 3.63) is 0 Å². The molecule has 0 bridgehead atoms. The summed E-state index contributed by atoms with van der Waals surface area (Å²) >= 11 is 5.89. The van der Waals surface area contributed by atoms with Gasteiger partial charge in [0, 0.05) is 5.75 Å². The van der Waals surface area contributed by atoms with Crippen LogP contribution < -0.4 is 0 Å². The summed E-state index contributed by atoms with van der Waals surface area (Å²) in [6.07, 6.45) is 0.381. The van der Waals surface area contributed by atoms with E-state index in [0.717, 1.165) is 17.4 Å². The van der Waals surface area contributed by atoms with Crippen LogP contribution in [0, 0.1) is 11.8 Å². The fraction of sp³-hybridized carbons (Fsp3) is 1.00. The lowest BCUT2D eigenvalue weighted by atomic mass is 9.93. The van der Waals surface area contributed by atoms with Crippen molar-refractivity contribution in [1.29, 1.82) is 0 Å². The van der Waals surface area contributed by atoms with E-state index >= 15 is 0 Å². The Balaban J connectivity index is 2.45. The Labute approximate surface area is 72.5 Å². The average molecular weight is 178 g/mol. The summed E-state index contributed by atoms with van der Waals surface area (Å²) in [5.41, 5.74) is 0. The Morgan fingerprint density at radius 1 is 1.60 bits per heavy atom. The van der Waals surface area contributed by atoms with Gasteiger partial charge in [0.25, 0.3) is 0 Å². The first-order chi connectivity index (χ1) is 4.75. The summed E-state index contributed by atoms with van der Waals surface area (Å²) < 4.78 is 5.42. The molecule has 1 nitrogen and oxygen atoms in total. The fourth-order valence-corrected chi connectivity index (χ4v) is 2.79. The molecule has 1 fully saturated rings. The van der Waals surface area contributed by atoms with Crippen LogP contribution in [0.1, 0.15) is 13.8 Å². The SMILES string of the molecule is CC1CSO[C@@H](C)C1CS. The number of rotatable bonds is 1. The van der Waals surface area contributed by atoms with Crippen LogP contribution in [0.5, 0.6) is 0 Å². The Morgan fingerprint density at radius 3 is 2.70 bits per heavy atom. The predicted octanol–water partition coefficient (Wildman–Crippen LogP) is 2.24. The molecule has 1 heterocycles. The zero-order chi connectivity index (χ0) is 7.56. The second-order valence-corrected chi connectivity index (χ2v) is 4.04. The summed E-state index contributed by atoms with van der Waals surface area (Å²) in [4.78, 5) is 0. The minimum absolute atomic E-state index is 0.381. The smallest absolute Gasteiger partial charge is 0.0733 e. The van der Waals surface area contributed by atoms with Crippen molar-refractivity contribution in [2.24, 2.45) is 11.8 Å². The minimum atomic E-state index is 0.381. The number of hydrogen-bond acceptors (Lipinski definition) is 3. The molecule has 3 atom stereocenters. The van der Waals surface area contributed by atoms with Gasteiger partial charge in [0.05, 0.1) is 6.10 Å². The van der Waals surface area contributed by atoms with Gasteiger partial charge in [0.15, 0.2) is 0 Å². The molecule has 2 unspecified atom stereocenters. The van der Waals surface area contributed by atoms with Gasteiger partial charge < -0.3 is 4.18 Å². The third-order valence-electron chi connectivity index (χ3n) is 2.10. The molecule has 1 rings (SSSR count). The molecule has 1 saturated heterocycles. The van der Waals surface area contributed by atoms with E-state index in [0.29, 0.717) is 12.0 Å². The Kier molecular flexibility index (Phi) is 3.40. The van der Waals surface area contributed by atoms with E-state index in [1.165, 1.54) is 0 Å². The van der Waals surface area contributed by atoms with Crippen molar-refractivity contribution in [2.75, 3.05) is 11.5 Å². The zero-order valence-electron chi connectivity index (χ0n) is 6.41. The van der Waals surface area contributed by atoms with E-state index in [-0.39, 0.29) is 0 Å². The Hall–Kier alpha value is 0.660. The molecule has 3 heteroatoms. The molecule has 0 radical (unpaired) electrons. The number of hydrogen-bond donors (Lipinski definition) is 1. The standard InChI is InChI=1S/C7H14OS2/c1-5-4-10-8-6(2)7(5)3-9/h5-7,9H,3-4H2,1-2H3/t5?,6-,7?/m0/s1. The van der Waals surface area contributed by atoms with Crippen molar-refractivity contribution < 1.29 is 4.18 Å². The molecule has 0 aliphatic carbocycles. The fourth-order valence-electron chi connectivity index (χ4n) is 1.24. The molecule has 0 aromatic heterocycles. The summed E-state index contributed by atoms with van der Waals surface area (Å²) in [6, 6.07) is 0. The van der Waals surface area contributed by atoms with Crippen LogP contribution >= 0.6 is 24.7 Å². The van der Waals surface area contributed by atoms with Crippen LogP contribution in [0.4, 0.5) is 0 Å². The molecule has 0 N–H and O–H groups in total. The van der Waals surface area contributed by atoms with Gasteiger partial charge in [0.1, 0.15) is 0 Å². The molecule has 0 amide bonds. The molecule has 1 aliphatic rings. The van der Waals surface area contributed by atoms with Crippen LogP contribution in [0.25, 0.3) is 0 Å². The first-order valence-corrected chi connectivity index (χ1v) is 5.19. The van der Waals surface area contributed by atoms with Gasteiger partial charge in [-0.05, 0) is 36.6 Å². The van der Waals surface area contributed by atoms with Gasteiger partial charge in [-0.2, -0.15) is 12.6 Å². The monoisotopic (exact) mass is 178 g/mol. The van der Waals surface area contributed by atoms with Crippen LogP contribution in [0.2, 0.25) is 0 Å². The lowest BCUT2D eigenvalue weighted by Gasteiger charge is -2.32. The zero-order valence-corrected chi connectivity index (χ0v) is 8.12. The van der Waals surface area contributed by atoms with E-state index in [4.69, 9.17) is 4.18 Å². The van der Waals surface area contributed by atoms with Crippen molar-refractivity contribution >= 4 is 24.7 Å². The number of thiol groups is 1. The van der Waals surface area contributed by atoms with Crippen molar-refractivity contribution in [1.82, 2.24) is 0 Å². The third-order valence-corrected chi connectivity index (χ3v) is 3.62. The van der Waals surface area contributed by atoms with Crippen molar-refractivity contribution in [3.63, 3.8) is 0 Å². The second kappa shape index (κ2) is 3.88. The molecule has 60 valence electrons. The van der Waals surface area contributed by atoms with Crippen molar-refractivity contribution in [2.45, 2.75) is 20.0 Å². The van der Waals surface area contributed by atoms with E-state index in [1.807, 2.05) is 0 Å². The summed E-state index contributed by atoms with van der Waals surface area (Å²) in [6.45, 7) is 4.40. The maximum absolute atomic E-state index is 5.42. The molecule has 10 heavy (non-hydrogen) atoms. The largest absolute Gasteiger partial charge is 0.312 e. The molecule has 1 aliphatic heterocycles. The van der Waals surface area contributed by atoms with E-state index in [1.54, 1.807) is 12.0 Å². The highest BCUT2D eigenvalue weighted by Gasteiger charge is 2.27. The van der Waals surface area contributed by atoms with Crippen LogP contribution in [-0.4, -0.2) is 17.6 Å². The van der Waals surface area contributed by atoms with Crippen molar-refractivity contribution in [3.8, 4) is 0 Å². The van der Waals surface area contributed by atoms with Crippen LogP contribution in [-0.2, 0) is 4.18 Å². The maximum Gasteiger partial charge on any atom is 0.0733 e.